The molecule has 1 amide bonds. The second kappa shape index (κ2) is 8.67. The summed E-state index contributed by atoms with van der Waals surface area (Å²) in [4.78, 5) is 12.2. The van der Waals surface area contributed by atoms with Gasteiger partial charge in [-0.25, -0.2) is 0 Å². The Morgan fingerprint density at radius 1 is 1.19 bits per heavy atom. The third-order valence-electron chi connectivity index (χ3n) is 3.40. The highest BCUT2D eigenvalue weighted by Crippen LogP contribution is 2.21. The topological polar surface area (TPSA) is 47.6 Å². The predicted octanol–water partition coefficient (Wildman–Crippen LogP) is 3.40. The first-order valence-corrected chi connectivity index (χ1v) is 7.44. The zero-order valence-corrected chi connectivity index (χ0v) is 13.7. The van der Waals surface area contributed by atoms with Crippen molar-refractivity contribution in [3.63, 3.8) is 0 Å². The fourth-order valence-corrected chi connectivity index (χ4v) is 2.12. The predicted molar refractivity (Wildman–Crippen MR) is 84.7 cm³/mol. The molecule has 4 heteroatoms. The van der Waals surface area contributed by atoms with Crippen LogP contribution in [0, 0.1) is 5.92 Å². The molecule has 0 aliphatic carbocycles. The van der Waals surface area contributed by atoms with Crippen LogP contribution in [0.4, 0.5) is 0 Å². The molecule has 0 fully saturated rings. The van der Waals surface area contributed by atoms with E-state index in [0.29, 0.717) is 23.8 Å². The van der Waals surface area contributed by atoms with Crippen LogP contribution >= 0.6 is 0 Å². The van der Waals surface area contributed by atoms with Crippen molar-refractivity contribution >= 4 is 5.91 Å². The maximum Gasteiger partial charge on any atom is 0.251 e. The van der Waals surface area contributed by atoms with Crippen LogP contribution in [0.5, 0.6) is 5.75 Å². The van der Waals surface area contributed by atoms with Crippen LogP contribution in [-0.4, -0.2) is 26.2 Å². The number of amides is 1. The van der Waals surface area contributed by atoms with Crippen molar-refractivity contribution in [3.8, 4) is 5.75 Å². The van der Waals surface area contributed by atoms with Crippen molar-refractivity contribution < 1.29 is 14.3 Å². The Hall–Kier alpha value is -1.55. The molecule has 0 spiro atoms. The molecule has 0 saturated carbocycles. The number of ether oxygens (including phenoxy) is 2. The fourth-order valence-electron chi connectivity index (χ4n) is 2.12. The smallest absolute Gasteiger partial charge is 0.251 e. The first kappa shape index (κ1) is 17.5. The van der Waals surface area contributed by atoms with Crippen LogP contribution in [0.3, 0.4) is 0 Å². The Balaban J connectivity index is 2.69. The van der Waals surface area contributed by atoms with Gasteiger partial charge in [0.2, 0.25) is 0 Å². The Morgan fingerprint density at radius 2 is 1.90 bits per heavy atom. The molecule has 1 atom stereocenters. The van der Waals surface area contributed by atoms with Crippen LogP contribution in [0.2, 0.25) is 0 Å². The third-order valence-corrected chi connectivity index (χ3v) is 3.40. The van der Waals surface area contributed by atoms with Crippen LogP contribution < -0.4 is 10.1 Å². The average Bonchev–Trinajstić information content (AvgIpc) is 2.45. The Kier molecular flexibility index (Phi) is 7.23. The van der Waals surface area contributed by atoms with Gasteiger partial charge in [-0.2, -0.15) is 0 Å². The van der Waals surface area contributed by atoms with Gasteiger partial charge in [0.05, 0.1) is 13.7 Å². The molecule has 4 nitrogen and oxygen atoms in total. The molecular formula is C17H27NO3. The van der Waals surface area contributed by atoms with Gasteiger partial charge >= 0.3 is 0 Å². The monoisotopic (exact) mass is 293 g/mol. The molecule has 0 aromatic heterocycles. The summed E-state index contributed by atoms with van der Waals surface area (Å²) in [7, 11) is 3.23. The Bertz CT molecular complexity index is 457. The molecule has 1 aromatic carbocycles. The van der Waals surface area contributed by atoms with E-state index >= 15 is 0 Å². The van der Waals surface area contributed by atoms with Gasteiger partial charge in [0.25, 0.3) is 5.91 Å². The molecule has 118 valence electrons. The summed E-state index contributed by atoms with van der Waals surface area (Å²) < 4.78 is 10.4. The minimum absolute atomic E-state index is 0.0616. The van der Waals surface area contributed by atoms with E-state index in [1.165, 1.54) is 0 Å². The Morgan fingerprint density at radius 3 is 2.48 bits per heavy atom. The molecule has 21 heavy (non-hydrogen) atoms. The number of carbonyl (C=O) groups excluding carboxylic acids is 1. The minimum atomic E-state index is -0.0616. The summed E-state index contributed by atoms with van der Waals surface area (Å²) >= 11 is 0. The molecule has 0 saturated heterocycles. The zero-order valence-electron chi connectivity index (χ0n) is 13.7. The molecule has 1 aromatic rings. The van der Waals surface area contributed by atoms with Crippen LogP contribution in [0.15, 0.2) is 18.2 Å². The average molecular weight is 293 g/mol. The van der Waals surface area contributed by atoms with Crippen molar-refractivity contribution in [2.24, 2.45) is 5.92 Å². The summed E-state index contributed by atoms with van der Waals surface area (Å²) in [6, 6.07) is 5.61. The highest BCUT2D eigenvalue weighted by molar-refractivity contribution is 5.94. The second-order valence-corrected chi connectivity index (χ2v) is 5.81. The quantitative estimate of drug-likeness (QED) is 0.799. The standard InChI is InChI=1S/C17H27NO3/c1-12(2)6-7-13(3)18-17(19)14-8-9-15(11-20-4)16(10-14)21-5/h8-10,12-13H,6-7,11H2,1-5H3,(H,18,19). The van der Waals surface area contributed by atoms with Crippen molar-refractivity contribution in [3.05, 3.63) is 29.3 Å². The van der Waals surface area contributed by atoms with E-state index in [2.05, 4.69) is 19.2 Å². The maximum absolute atomic E-state index is 12.2. The highest BCUT2D eigenvalue weighted by atomic mass is 16.5. The van der Waals surface area contributed by atoms with Crippen LogP contribution in [0.25, 0.3) is 0 Å². The lowest BCUT2D eigenvalue weighted by atomic mass is 10.0. The fraction of sp³-hybridized carbons (Fsp3) is 0.588. The van der Waals surface area contributed by atoms with E-state index in [0.717, 1.165) is 18.4 Å². The van der Waals surface area contributed by atoms with Crippen molar-refractivity contribution in [2.45, 2.75) is 46.3 Å². The maximum atomic E-state index is 12.2. The van der Waals surface area contributed by atoms with Gasteiger partial charge in [-0.1, -0.05) is 19.9 Å². The van der Waals surface area contributed by atoms with E-state index in [4.69, 9.17) is 9.47 Å². The van der Waals surface area contributed by atoms with Gasteiger partial charge in [-0.05, 0) is 37.8 Å². The van der Waals surface area contributed by atoms with E-state index in [1.807, 2.05) is 13.0 Å². The molecule has 0 aliphatic rings. The van der Waals surface area contributed by atoms with Crippen LogP contribution in [-0.2, 0) is 11.3 Å². The summed E-state index contributed by atoms with van der Waals surface area (Å²) in [6.45, 7) is 6.88. The van der Waals surface area contributed by atoms with Gasteiger partial charge in [-0.3, -0.25) is 4.79 Å². The van der Waals surface area contributed by atoms with Gasteiger partial charge in [0.15, 0.2) is 0 Å². The Labute approximate surface area is 127 Å². The molecule has 0 heterocycles. The largest absolute Gasteiger partial charge is 0.496 e. The lowest BCUT2D eigenvalue weighted by Crippen LogP contribution is -2.32. The molecular weight excluding hydrogens is 266 g/mol. The number of hydrogen-bond donors (Lipinski definition) is 1. The number of hydrogen-bond acceptors (Lipinski definition) is 3. The minimum Gasteiger partial charge on any atom is -0.496 e. The normalized spacial score (nSPS) is 12.3. The number of nitrogens with one attached hydrogen (secondary N) is 1. The SMILES string of the molecule is COCc1ccc(C(=O)NC(C)CCC(C)C)cc1OC. The molecule has 1 unspecified atom stereocenters. The first-order valence-electron chi connectivity index (χ1n) is 7.44. The van der Waals surface area contributed by atoms with E-state index in [1.54, 1.807) is 26.4 Å². The number of benzene rings is 1. The lowest BCUT2D eigenvalue weighted by Gasteiger charge is -2.16. The first-order chi connectivity index (χ1) is 9.97. The van der Waals surface area contributed by atoms with Crippen LogP contribution in [0.1, 0.15) is 49.5 Å². The van der Waals surface area contributed by atoms with Gasteiger partial charge in [0.1, 0.15) is 5.75 Å². The zero-order chi connectivity index (χ0) is 15.8. The van der Waals surface area contributed by atoms with Crippen molar-refractivity contribution in [1.29, 1.82) is 0 Å². The van der Waals surface area contributed by atoms with Crippen molar-refractivity contribution in [1.82, 2.24) is 5.32 Å². The van der Waals surface area contributed by atoms with Gasteiger partial charge < -0.3 is 14.8 Å². The molecule has 0 bridgehead atoms. The molecule has 0 radical (unpaired) electrons. The summed E-state index contributed by atoms with van der Waals surface area (Å²) in [5.41, 5.74) is 1.55. The number of rotatable bonds is 8. The molecule has 1 rings (SSSR count). The molecule has 0 aliphatic heterocycles. The number of methoxy groups -OCH3 is 2. The number of carbonyl (C=O) groups is 1. The van der Waals surface area contributed by atoms with E-state index in [-0.39, 0.29) is 11.9 Å². The molecule has 1 N–H and O–H groups in total. The summed E-state index contributed by atoms with van der Waals surface area (Å²) in [5.74, 6) is 1.27. The van der Waals surface area contributed by atoms with E-state index < -0.39 is 0 Å². The van der Waals surface area contributed by atoms with Gasteiger partial charge in [0, 0.05) is 24.3 Å². The van der Waals surface area contributed by atoms with Gasteiger partial charge in [-0.15, -0.1) is 0 Å². The summed E-state index contributed by atoms with van der Waals surface area (Å²) in [6.07, 6.45) is 2.10. The third kappa shape index (κ3) is 5.76. The van der Waals surface area contributed by atoms with Crippen molar-refractivity contribution in [2.75, 3.05) is 14.2 Å². The second-order valence-electron chi connectivity index (χ2n) is 5.81. The summed E-state index contributed by atoms with van der Waals surface area (Å²) in [5, 5.41) is 3.03. The highest BCUT2D eigenvalue weighted by Gasteiger charge is 2.13. The lowest BCUT2D eigenvalue weighted by molar-refractivity contribution is 0.0936. The van der Waals surface area contributed by atoms with E-state index in [9.17, 15) is 4.79 Å².